The van der Waals surface area contributed by atoms with Crippen LogP contribution in [-0.2, 0) is 0 Å². The van der Waals surface area contributed by atoms with Gasteiger partial charge >= 0.3 is 0 Å². The summed E-state index contributed by atoms with van der Waals surface area (Å²) < 4.78 is 0. The van der Waals surface area contributed by atoms with Crippen molar-refractivity contribution in [1.29, 1.82) is 0 Å². The van der Waals surface area contributed by atoms with Gasteiger partial charge in [0.25, 0.3) is 0 Å². The first kappa shape index (κ1) is 21.0. The second-order valence-corrected chi connectivity index (χ2v) is 12.2. The number of allylic oxidation sites excluding steroid dienone is 1. The number of fused-ring (bicyclic) bond motifs is 5. The average molecular weight is 387 g/mol. The molecule has 0 bridgehead atoms. The Labute approximate surface area is 174 Å². The Balaban J connectivity index is 1.48. The van der Waals surface area contributed by atoms with E-state index in [4.69, 9.17) is 0 Å². The third-order valence-corrected chi connectivity index (χ3v) is 10.3. The van der Waals surface area contributed by atoms with Gasteiger partial charge in [-0.3, -0.25) is 0 Å². The predicted molar refractivity (Wildman–Crippen MR) is 119 cm³/mol. The lowest BCUT2D eigenvalue weighted by atomic mass is 9.46. The average Bonchev–Trinajstić information content (AvgIpc) is 2.99. The van der Waals surface area contributed by atoms with Crippen LogP contribution < -0.4 is 0 Å². The van der Waals surface area contributed by atoms with Gasteiger partial charge in [0.15, 0.2) is 0 Å². The van der Waals surface area contributed by atoms with E-state index in [1.54, 1.807) is 5.57 Å². The molecule has 4 aliphatic rings. The highest BCUT2D eigenvalue weighted by Crippen LogP contribution is 2.67. The molecule has 0 aromatic carbocycles. The van der Waals surface area contributed by atoms with Gasteiger partial charge in [-0.05, 0) is 97.7 Å². The van der Waals surface area contributed by atoms with E-state index < -0.39 is 0 Å². The van der Waals surface area contributed by atoms with E-state index in [1.807, 2.05) is 0 Å². The van der Waals surface area contributed by atoms with E-state index in [9.17, 15) is 5.11 Å². The summed E-state index contributed by atoms with van der Waals surface area (Å²) in [6, 6.07) is 0. The molecule has 160 valence electrons. The Bertz CT molecular complexity index is 591. The first-order valence-electron chi connectivity index (χ1n) is 12.6. The molecule has 0 spiro atoms. The van der Waals surface area contributed by atoms with E-state index in [2.05, 4.69) is 40.7 Å². The van der Waals surface area contributed by atoms with Crippen molar-refractivity contribution in [2.45, 2.75) is 111 Å². The van der Waals surface area contributed by atoms with Gasteiger partial charge in [-0.2, -0.15) is 0 Å². The van der Waals surface area contributed by atoms with Crippen LogP contribution in [0.25, 0.3) is 0 Å². The number of hydrogen-bond donors (Lipinski definition) is 1. The molecule has 0 heterocycles. The molecule has 0 amide bonds. The lowest BCUT2D eigenvalue weighted by Crippen LogP contribution is -2.51. The van der Waals surface area contributed by atoms with Gasteiger partial charge in [-0.25, -0.2) is 0 Å². The highest BCUT2D eigenvalue weighted by atomic mass is 16.3. The number of hydrogen-bond acceptors (Lipinski definition) is 1. The van der Waals surface area contributed by atoms with E-state index in [0.29, 0.717) is 10.8 Å². The molecule has 0 aliphatic heterocycles. The molecular formula is C27H46O. The maximum Gasteiger partial charge on any atom is 0.0724 e. The molecule has 0 aromatic heterocycles. The van der Waals surface area contributed by atoms with Crippen LogP contribution in [0.4, 0.5) is 0 Å². The van der Waals surface area contributed by atoms with Gasteiger partial charge < -0.3 is 5.11 Å². The largest absolute Gasteiger partial charge is 0.389 e. The fourth-order valence-corrected chi connectivity index (χ4v) is 8.73. The second kappa shape index (κ2) is 7.75. The number of aliphatic hydroxyl groups is 1. The van der Waals surface area contributed by atoms with E-state index in [1.165, 1.54) is 64.2 Å². The summed E-state index contributed by atoms with van der Waals surface area (Å²) in [7, 11) is 0. The second-order valence-electron chi connectivity index (χ2n) is 12.2. The molecular weight excluding hydrogens is 340 g/mol. The quantitative estimate of drug-likeness (QED) is 0.488. The molecule has 3 saturated carbocycles. The smallest absolute Gasteiger partial charge is 0.0724 e. The standard InChI is InChI=1S/C27H46O/c1-18(2)7-6-8-19(3)23-11-12-24-22-10-9-20-17-21(28)13-15-26(20,4)25(22)14-16-27(23,24)5/h17-19,21-25,28H,6-16H2,1-5H3/t19-,21-,22+,23-,24+,25+,26-,27-/m0/s1. The van der Waals surface area contributed by atoms with Crippen molar-refractivity contribution in [3.8, 4) is 0 Å². The molecule has 0 unspecified atom stereocenters. The Morgan fingerprint density at radius 1 is 0.964 bits per heavy atom. The highest BCUT2D eigenvalue weighted by molar-refractivity contribution is 5.25. The van der Waals surface area contributed by atoms with Crippen molar-refractivity contribution in [3.05, 3.63) is 11.6 Å². The first-order chi connectivity index (χ1) is 13.3. The zero-order valence-corrected chi connectivity index (χ0v) is 19.3. The summed E-state index contributed by atoms with van der Waals surface area (Å²) in [6.45, 7) is 12.6. The minimum absolute atomic E-state index is 0.170. The maximum absolute atomic E-state index is 10.2. The lowest BCUT2D eigenvalue weighted by molar-refractivity contribution is -0.0626. The van der Waals surface area contributed by atoms with Crippen molar-refractivity contribution in [3.63, 3.8) is 0 Å². The van der Waals surface area contributed by atoms with Crippen LogP contribution in [-0.4, -0.2) is 11.2 Å². The highest BCUT2D eigenvalue weighted by Gasteiger charge is 2.59. The molecule has 4 aliphatic carbocycles. The van der Waals surface area contributed by atoms with Crippen LogP contribution in [0.5, 0.6) is 0 Å². The molecule has 0 aromatic rings. The fraction of sp³-hybridized carbons (Fsp3) is 0.926. The molecule has 1 heteroatoms. The number of rotatable bonds is 5. The Morgan fingerprint density at radius 2 is 1.75 bits per heavy atom. The summed E-state index contributed by atoms with van der Waals surface area (Å²) in [5.74, 6) is 5.52. The lowest BCUT2D eigenvalue weighted by Gasteiger charge is -2.59. The normalized spacial score (nSPS) is 46.5. The van der Waals surface area contributed by atoms with Crippen LogP contribution in [0.1, 0.15) is 105 Å². The molecule has 8 atom stereocenters. The minimum Gasteiger partial charge on any atom is -0.389 e. The molecule has 1 nitrogen and oxygen atoms in total. The van der Waals surface area contributed by atoms with Crippen LogP contribution >= 0.6 is 0 Å². The first-order valence-corrected chi connectivity index (χ1v) is 12.6. The summed E-state index contributed by atoms with van der Waals surface area (Å²) in [6.07, 6.45) is 17.1. The van der Waals surface area contributed by atoms with Gasteiger partial charge in [0.2, 0.25) is 0 Å². The van der Waals surface area contributed by atoms with Gasteiger partial charge in [0.1, 0.15) is 0 Å². The summed E-state index contributed by atoms with van der Waals surface area (Å²) in [4.78, 5) is 0. The molecule has 0 saturated heterocycles. The fourth-order valence-electron chi connectivity index (χ4n) is 8.73. The molecule has 1 N–H and O–H groups in total. The zero-order chi connectivity index (χ0) is 20.1. The van der Waals surface area contributed by atoms with Crippen molar-refractivity contribution in [1.82, 2.24) is 0 Å². The summed E-state index contributed by atoms with van der Waals surface area (Å²) in [5.41, 5.74) is 2.61. The van der Waals surface area contributed by atoms with E-state index in [-0.39, 0.29) is 6.10 Å². The van der Waals surface area contributed by atoms with E-state index in [0.717, 1.165) is 41.9 Å². The van der Waals surface area contributed by atoms with Crippen molar-refractivity contribution in [2.24, 2.45) is 46.3 Å². The van der Waals surface area contributed by atoms with Crippen molar-refractivity contribution >= 4 is 0 Å². The van der Waals surface area contributed by atoms with Gasteiger partial charge in [-0.15, -0.1) is 0 Å². The SMILES string of the molecule is CC(C)CCC[C@H](C)[C@@H]1CC[C@@H]2[C@H]3CCC4=C[C@@H](O)CC[C@]4(C)[C@@H]3CC[C@]21C. The third-order valence-electron chi connectivity index (χ3n) is 10.3. The number of aliphatic hydroxyl groups excluding tert-OH is 1. The molecule has 4 rings (SSSR count). The van der Waals surface area contributed by atoms with E-state index >= 15 is 0 Å². The predicted octanol–water partition coefficient (Wildman–Crippen LogP) is 7.39. The molecule has 3 fully saturated rings. The van der Waals surface area contributed by atoms with Crippen LogP contribution in [0, 0.1) is 46.3 Å². The Morgan fingerprint density at radius 3 is 2.50 bits per heavy atom. The van der Waals surface area contributed by atoms with Crippen molar-refractivity contribution in [2.75, 3.05) is 0 Å². The van der Waals surface area contributed by atoms with Gasteiger partial charge in [-0.1, -0.05) is 65.5 Å². The topological polar surface area (TPSA) is 20.2 Å². The molecule has 28 heavy (non-hydrogen) atoms. The van der Waals surface area contributed by atoms with Crippen LogP contribution in [0.3, 0.4) is 0 Å². The maximum atomic E-state index is 10.2. The monoisotopic (exact) mass is 386 g/mol. The molecule has 0 radical (unpaired) electrons. The van der Waals surface area contributed by atoms with Crippen LogP contribution in [0.15, 0.2) is 11.6 Å². The Hall–Kier alpha value is -0.300. The van der Waals surface area contributed by atoms with Gasteiger partial charge in [0.05, 0.1) is 6.10 Å². The Kier molecular flexibility index (Phi) is 5.80. The third kappa shape index (κ3) is 3.42. The zero-order valence-electron chi connectivity index (χ0n) is 19.3. The van der Waals surface area contributed by atoms with Crippen LogP contribution in [0.2, 0.25) is 0 Å². The summed E-state index contributed by atoms with van der Waals surface area (Å²) in [5, 5.41) is 10.2. The summed E-state index contributed by atoms with van der Waals surface area (Å²) >= 11 is 0. The van der Waals surface area contributed by atoms with Gasteiger partial charge in [0, 0.05) is 0 Å². The minimum atomic E-state index is -0.170. The van der Waals surface area contributed by atoms with Crippen molar-refractivity contribution < 1.29 is 5.11 Å².